The maximum Gasteiger partial charge on any atom is 0.219 e. The maximum absolute atomic E-state index is 11.8. The van der Waals surface area contributed by atoms with E-state index in [1.165, 1.54) is 6.92 Å². The summed E-state index contributed by atoms with van der Waals surface area (Å²) in [6.07, 6.45) is 0.788. The van der Waals surface area contributed by atoms with E-state index < -0.39 is 43.2 Å². The van der Waals surface area contributed by atoms with Crippen LogP contribution >= 0.6 is 0 Å². The lowest BCUT2D eigenvalue weighted by Crippen LogP contribution is -2.64. The molecule has 1 rings (SSSR count). The van der Waals surface area contributed by atoms with Crippen LogP contribution in [0, 0.1) is 0 Å². The highest BCUT2D eigenvalue weighted by molar-refractivity contribution is 5.75. The number of aldehydes is 1. The number of carbonyl (C=O) groups is 3. The van der Waals surface area contributed by atoms with Crippen molar-refractivity contribution in [3.8, 4) is 0 Å². The van der Waals surface area contributed by atoms with E-state index in [1.54, 1.807) is 0 Å². The third-order valence-electron chi connectivity index (χ3n) is 4.65. The van der Waals surface area contributed by atoms with Crippen molar-refractivity contribution in [2.45, 2.75) is 82.5 Å². The van der Waals surface area contributed by atoms with Gasteiger partial charge in [-0.3, -0.25) is 9.59 Å². The average Bonchev–Trinajstić information content (AvgIpc) is 2.69. The van der Waals surface area contributed by atoms with Crippen LogP contribution in [-0.4, -0.2) is 83.8 Å². The average molecular weight is 418 g/mol. The molecule has 10 nitrogen and oxygen atoms in total. The molecule has 1 saturated heterocycles. The maximum atomic E-state index is 11.8. The minimum atomic E-state index is -1.35. The second-order valence-electron chi connectivity index (χ2n) is 7.13. The van der Waals surface area contributed by atoms with E-state index in [0.717, 1.165) is 25.5 Å². The van der Waals surface area contributed by atoms with E-state index in [9.17, 15) is 29.7 Å². The minimum Gasteiger partial charge on any atom is -0.394 e. The summed E-state index contributed by atoms with van der Waals surface area (Å²) in [6, 6.07) is -0.965. The SMILES string of the molecule is CC(=O)NC1C(OCCCCC(=O)NCCCCCC=O)OC(CO)C(O)C1O. The first-order valence-electron chi connectivity index (χ1n) is 10.1. The molecule has 168 valence electrons. The number of aliphatic hydroxyl groups excluding tert-OH is 3. The molecule has 0 spiro atoms. The van der Waals surface area contributed by atoms with Crippen LogP contribution in [0.15, 0.2) is 0 Å². The zero-order valence-electron chi connectivity index (χ0n) is 16.9. The first kappa shape index (κ1) is 25.4. The second kappa shape index (κ2) is 14.4. The highest BCUT2D eigenvalue weighted by Crippen LogP contribution is 2.22. The van der Waals surface area contributed by atoms with Gasteiger partial charge >= 0.3 is 0 Å². The van der Waals surface area contributed by atoms with Crippen molar-refractivity contribution in [2.75, 3.05) is 19.8 Å². The molecule has 2 amide bonds. The molecule has 0 aliphatic carbocycles. The Morgan fingerprint density at radius 2 is 1.86 bits per heavy atom. The predicted molar refractivity (Wildman–Crippen MR) is 103 cm³/mol. The van der Waals surface area contributed by atoms with Gasteiger partial charge < -0.3 is 40.2 Å². The lowest BCUT2D eigenvalue weighted by Gasteiger charge is -2.42. The molecule has 29 heavy (non-hydrogen) atoms. The van der Waals surface area contributed by atoms with Crippen molar-refractivity contribution >= 4 is 18.1 Å². The van der Waals surface area contributed by atoms with Crippen molar-refractivity contribution in [3.63, 3.8) is 0 Å². The molecule has 10 heteroatoms. The third-order valence-corrected chi connectivity index (χ3v) is 4.65. The van der Waals surface area contributed by atoms with Crippen LogP contribution < -0.4 is 10.6 Å². The van der Waals surface area contributed by atoms with Gasteiger partial charge in [-0.25, -0.2) is 0 Å². The predicted octanol–water partition coefficient (Wildman–Crippen LogP) is -1.01. The summed E-state index contributed by atoms with van der Waals surface area (Å²) in [5, 5.41) is 34.7. The Kier molecular flexibility index (Phi) is 12.6. The van der Waals surface area contributed by atoms with Crippen molar-refractivity contribution in [1.29, 1.82) is 0 Å². The fourth-order valence-corrected chi connectivity index (χ4v) is 3.05. The molecule has 0 radical (unpaired) electrons. The molecule has 0 aromatic heterocycles. The van der Waals surface area contributed by atoms with E-state index >= 15 is 0 Å². The number of amides is 2. The van der Waals surface area contributed by atoms with Crippen LogP contribution in [0.2, 0.25) is 0 Å². The third kappa shape index (κ3) is 9.64. The number of rotatable bonds is 14. The van der Waals surface area contributed by atoms with Gasteiger partial charge in [0, 0.05) is 32.9 Å². The van der Waals surface area contributed by atoms with E-state index in [0.29, 0.717) is 32.2 Å². The van der Waals surface area contributed by atoms with E-state index in [1.807, 2.05) is 0 Å². The fourth-order valence-electron chi connectivity index (χ4n) is 3.05. The first-order valence-corrected chi connectivity index (χ1v) is 10.1. The monoisotopic (exact) mass is 418 g/mol. The number of aliphatic hydroxyl groups is 3. The first-order chi connectivity index (χ1) is 13.9. The molecular weight excluding hydrogens is 384 g/mol. The summed E-state index contributed by atoms with van der Waals surface area (Å²) in [7, 11) is 0. The molecule has 1 heterocycles. The summed E-state index contributed by atoms with van der Waals surface area (Å²) < 4.78 is 11.0. The molecule has 1 aliphatic heterocycles. The molecule has 1 fully saturated rings. The van der Waals surface area contributed by atoms with Crippen molar-refractivity contribution in [3.05, 3.63) is 0 Å². The van der Waals surface area contributed by atoms with Crippen LogP contribution in [0.25, 0.3) is 0 Å². The van der Waals surface area contributed by atoms with E-state index in [-0.39, 0.29) is 12.5 Å². The minimum absolute atomic E-state index is 0.0516. The quantitative estimate of drug-likeness (QED) is 0.178. The summed E-state index contributed by atoms with van der Waals surface area (Å²) in [4.78, 5) is 33.3. The number of nitrogens with one attached hydrogen (secondary N) is 2. The van der Waals surface area contributed by atoms with Crippen LogP contribution in [0.3, 0.4) is 0 Å². The van der Waals surface area contributed by atoms with E-state index in [2.05, 4.69) is 10.6 Å². The topological polar surface area (TPSA) is 154 Å². The molecule has 0 aromatic rings. The van der Waals surface area contributed by atoms with Crippen molar-refractivity contribution in [2.24, 2.45) is 0 Å². The molecule has 5 atom stereocenters. The summed E-state index contributed by atoms with van der Waals surface area (Å²) in [5.74, 6) is -0.465. The van der Waals surface area contributed by atoms with Gasteiger partial charge in [-0.2, -0.15) is 0 Å². The number of unbranched alkanes of at least 4 members (excludes halogenated alkanes) is 4. The number of hydrogen-bond donors (Lipinski definition) is 5. The zero-order valence-corrected chi connectivity index (χ0v) is 16.9. The van der Waals surface area contributed by atoms with Crippen LogP contribution in [0.5, 0.6) is 0 Å². The lowest BCUT2D eigenvalue weighted by molar-refractivity contribution is -0.270. The van der Waals surface area contributed by atoms with Crippen LogP contribution in [-0.2, 0) is 23.9 Å². The fraction of sp³-hybridized carbons (Fsp3) is 0.842. The van der Waals surface area contributed by atoms with E-state index in [4.69, 9.17) is 9.47 Å². The standard InChI is InChI=1S/C19H34N2O8/c1-13(24)21-16-18(27)17(26)14(12-23)29-19(16)28-11-7-4-8-15(25)20-9-5-2-3-6-10-22/h10,14,16-19,23,26-27H,2-9,11-12H2,1H3,(H,20,25)(H,21,24). The smallest absolute Gasteiger partial charge is 0.219 e. The Hall–Kier alpha value is -1.59. The molecule has 1 aliphatic rings. The Bertz CT molecular complexity index is 505. The van der Waals surface area contributed by atoms with Gasteiger partial charge in [0.05, 0.1) is 6.61 Å². The highest BCUT2D eigenvalue weighted by atomic mass is 16.7. The molecule has 5 N–H and O–H groups in total. The highest BCUT2D eigenvalue weighted by Gasteiger charge is 2.45. The summed E-state index contributed by atoms with van der Waals surface area (Å²) in [6.45, 7) is 1.58. The number of hydrogen-bond acceptors (Lipinski definition) is 8. The molecule has 0 saturated carbocycles. The van der Waals surface area contributed by atoms with Gasteiger partial charge in [-0.1, -0.05) is 6.42 Å². The Morgan fingerprint density at radius 3 is 2.52 bits per heavy atom. The molecule has 0 aromatic carbocycles. The summed E-state index contributed by atoms with van der Waals surface area (Å²) >= 11 is 0. The molecule has 5 unspecified atom stereocenters. The largest absolute Gasteiger partial charge is 0.394 e. The zero-order chi connectivity index (χ0) is 21.6. The van der Waals surface area contributed by atoms with Crippen LogP contribution in [0.4, 0.5) is 0 Å². The number of ether oxygens (including phenoxy) is 2. The second-order valence-corrected chi connectivity index (χ2v) is 7.13. The number of carbonyl (C=O) groups excluding carboxylic acids is 3. The van der Waals surface area contributed by atoms with Crippen LogP contribution in [0.1, 0.15) is 51.9 Å². The van der Waals surface area contributed by atoms with Gasteiger partial charge in [0.15, 0.2) is 6.29 Å². The molecular formula is C19H34N2O8. The van der Waals surface area contributed by atoms with Gasteiger partial charge in [0.25, 0.3) is 0 Å². The van der Waals surface area contributed by atoms with Gasteiger partial charge in [0.2, 0.25) is 11.8 Å². The summed E-state index contributed by atoms with van der Waals surface area (Å²) in [5.41, 5.74) is 0. The van der Waals surface area contributed by atoms with Gasteiger partial charge in [-0.05, 0) is 25.7 Å². The van der Waals surface area contributed by atoms with Crippen molar-refractivity contribution < 1.29 is 39.2 Å². The van der Waals surface area contributed by atoms with Gasteiger partial charge in [-0.15, -0.1) is 0 Å². The van der Waals surface area contributed by atoms with Gasteiger partial charge in [0.1, 0.15) is 30.6 Å². The Labute approximate surface area is 170 Å². The Balaban J connectivity index is 2.27. The molecule has 0 bridgehead atoms. The lowest BCUT2D eigenvalue weighted by atomic mass is 9.97. The normalized spacial score (nSPS) is 26.7. The van der Waals surface area contributed by atoms with Crippen molar-refractivity contribution in [1.82, 2.24) is 10.6 Å². The Morgan fingerprint density at radius 1 is 1.10 bits per heavy atom.